The Kier molecular flexibility index (Phi) is 4.36. The van der Waals surface area contributed by atoms with Crippen LogP contribution in [-0.2, 0) is 11.2 Å². The van der Waals surface area contributed by atoms with Gasteiger partial charge in [0.15, 0.2) is 11.5 Å². The molecule has 0 unspecified atom stereocenters. The van der Waals surface area contributed by atoms with Crippen LogP contribution >= 0.6 is 0 Å². The molecule has 0 bridgehead atoms. The van der Waals surface area contributed by atoms with E-state index in [9.17, 15) is 4.79 Å². The number of hydrogen-bond donors (Lipinski definition) is 0. The first-order valence-electron chi connectivity index (χ1n) is 8.79. The Labute approximate surface area is 152 Å². The summed E-state index contributed by atoms with van der Waals surface area (Å²) in [5.74, 6) is 2.34. The lowest BCUT2D eigenvalue weighted by molar-refractivity contribution is -0.131. The van der Waals surface area contributed by atoms with Gasteiger partial charge in [-0.25, -0.2) is 4.98 Å². The number of ether oxygens (including phenoxy) is 2. The predicted molar refractivity (Wildman–Crippen MR) is 96.3 cm³/mol. The molecule has 0 aliphatic carbocycles. The maximum absolute atomic E-state index is 12.9. The summed E-state index contributed by atoms with van der Waals surface area (Å²) in [6.07, 6.45) is 5.73. The number of hydrogen-bond acceptors (Lipinski definition) is 6. The van der Waals surface area contributed by atoms with Crippen LogP contribution in [0.3, 0.4) is 0 Å². The average molecular weight is 354 g/mol. The van der Waals surface area contributed by atoms with Gasteiger partial charge in [-0.2, -0.15) is 0 Å². The summed E-state index contributed by atoms with van der Waals surface area (Å²) in [6, 6.07) is 5.66. The van der Waals surface area contributed by atoms with Crippen LogP contribution in [-0.4, -0.2) is 48.2 Å². The molecule has 1 atom stereocenters. The van der Waals surface area contributed by atoms with Crippen molar-refractivity contribution in [1.82, 2.24) is 14.9 Å². The molecule has 26 heavy (non-hydrogen) atoms. The molecular formula is C19H22N4O3. The van der Waals surface area contributed by atoms with Crippen LogP contribution in [0.2, 0.25) is 0 Å². The van der Waals surface area contributed by atoms with Crippen molar-refractivity contribution in [3.63, 3.8) is 0 Å². The zero-order chi connectivity index (χ0) is 18.1. The third kappa shape index (κ3) is 3.16. The number of carbonyl (C=O) groups is 1. The zero-order valence-corrected chi connectivity index (χ0v) is 15.0. The number of aromatic nitrogens is 2. The van der Waals surface area contributed by atoms with Gasteiger partial charge in [-0.05, 0) is 30.5 Å². The Bertz CT molecular complexity index is 824. The van der Waals surface area contributed by atoms with Gasteiger partial charge in [0, 0.05) is 20.6 Å². The lowest BCUT2D eigenvalue weighted by Gasteiger charge is -2.25. The van der Waals surface area contributed by atoms with Gasteiger partial charge in [0.05, 0.1) is 30.6 Å². The number of fused-ring (bicyclic) bond motifs is 1. The van der Waals surface area contributed by atoms with E-state index in [1.807, 2.05) is 42.1 Å². The number of anilines is 1. The Morgan fingerprint density at radius 3 is 2.96 bits per heavy atom. The highest BCUT2D eigenvalue weighted by Crippen LogP contribution is 2.34. The van der Waals surface area contributed by atoms with Crippen molar-refractivity contribution in [1.29, 1.82) is 0 Å². The zero-order valence-electron chi connectivity index (χ0n) is 15.0. The first-order valence-corrected chi connectivity index (χ1v) is 8.79. The van der Waals surface area contributed by atoms with Crippen LogP contribution in [0.1, 0.15) is 30.1 Å². The van der Waals surface area contributed by atoms with Crippen molar-refractivity contribution in [3.05, 3.63) is 41.9 Å². The Hall–Kier alpha value is -2.83. The molecule has 1 fully saturated rings. The van der Waals surface area contributed by atoms with E-state index in [-0.39, 0.29) is 18.7 Å². The highest BCUT2D eigenvalue weighted by Gasteiger charge is 2.31. The number of likely N-dealkylation sites (tertiary alicyclic amines) is 1. The van der Waals surface area contributed by atoms with Crippen LogP contribution in [0.4, 0.5) is 5.82 Å². The van der Waals surface area contributed by atoms with Crippen molar-refractivity contribution in [2.24, 2.45) is 0 Å². The van der Waals surface area contributed by atoms with E-state index in [2.05, 4.69) is 9.97 Å². The maximum Gasteiger partial charge on any atom is 0.231 e. The van der Waals surface area contributed by atoms with Crippen molar-refractivity contribution >= 4 is 11.7 Å². The van der Waals surface area contributed by atoms with Crippen LogP contribution in [0.5, 0.6) is 11.5 Å². The molecule has 2 aliphatic heterocycles. The number of rotatable bonds is 4. The monoisotopic (exact) mass is 354 g/mol. The second kappa shape index (κ2) is 6.82. The third-order valence-corrected chi connectivity index (χ3v) is 4.81. The molecule has 7 heteroatoms. The minimum atomic E-state index is -0.0103. The molecule has 1 aromatic heterocycles. The smallest absolute Gasteiger partial charge is 0.231 e. The Morgan fingerprint density at radius 2 is 2.12 bits per heavy atom. The summed E-state index contributed by atoms with van der Waals surface area (Å²) in [4.78, 5) is 25.7. The highest BCUT2D eigenvalue weighted by atomic mass is 16.7. The summed E-state index contributed by atoms with van der Waals surface area (Å²) < 4.78 is 10.7. The Balaban J connectivity index is 1.51. The van der Waals surface area contributed by atoms with E-state index in [1.54, 1.807) is 12.4 Å². The van der Waals surface area contributed by atoms with Gasteiger partial charge in [0.25, 0.3) is 0 Å². The fraction of sp³-hybridized carbons (Fsp3) is 0.421. The van der Waals surface area contributed by atoms with Gasteiger partial charge in [-0.15, -0.1) is 0 Å². The second-order valence-corrected chi connectivity index (χ2v) is 6.81. The molecule has 1 amide bonds. The molecule has 0 N–H and O–H groups in total. The summed E-state index contributed by atoms with van der Waals surface area (Å²) >= 11 is 0. The van der Waals surface area contributed by atoms with Gasteiger partial charge in [0.1, 0.15) is 5.82 Å². The van der Waals surface area contributed by atoms with Crippen molar-refractivity contribution in [2.75, 3.05) is 32.3 Å². The molecule has 0 radical (unpaired) electrons. The lowest BCUT2D eigenvalue weighted by atomic mass is 10.1. The van der Waals surface area contributed by atoms with E-state index in [0.29, 0.717) is 12.2 Å². The van der Waals surface area contributed by atoms with E-state index < -0.39 is 0 Å². The Morgan fingerprint density at radius 1 is 1.27 bits per heavy atom. The van der Waals surface area contributed by atoms with E-state index in [0.717, 1.165) is 42.2 Å². The van der Waals surface area contributed by atoms with Gasteiger partial charge < -0.3 is 19.3 Å². The topological polar surface area (TPSA) is 67.8 Å². The molecule has 0 saturated carbocycles. The van der Waals surface area contributed by atoms with Gasteiger partial charge in [-0.3, -0.25) is 9.78 Å². The number of amides is 1. The fourth-order valence-electron chi connectivity index (χ4n) is 3.45. The second-order valence-electron chi connectivity index (χ2n) is 6.81. The molecule has 2 aromatic rings. The third-order valence-electron chi connectivity index (χ3n) is 4.81. The average Bonchev–Trinajstić information content (AvgIpc) is 3.30. The quantitative estimate of drug-likeness (QED) is 0.838. The fourth-order valence-corrected chi connectivity index (χ4v) is 3.45. The predicted octanol–water partition coefficient (Wildman–Crippen LogP) is 2.18. The number of carbonyl (C=O) groups excluding carboxylic acids is 1. The standard InChI is InChI=1S/C19H22N4O3/c1-22(2)18-11-20-10-14(21-18)15-4-3-7-23(15)19(24)9-13-5-6-16-17(8-13)26-12-25-16/h5-6,8,10-11,15H,3-4,7,9,12H2,1-2H3/t15-/m0/s1. The normalized spacial score (nSPS) is 18.2. The van der Waals surface area contributed by atoms with E-state index >= 15 is 0 Å². The summed E-state index contributed by atoms with van der Waals surface area (Å²) in [5.41, 5.74) is 1.78. The van der Waals surface area contributed by atoms with Crippen LogP contribution in [0.15, 0.2) is 30.6 Å². The van der Waals surface area contributed by atoms with Gasteiger partial charge in [0.2, 0.25) is 12.7 Å². The molecule has 3 heterocycles. The molecule has 1 saturated heterocycles. The van der Waals surface area contributed by atoms with Gasteiger partial charge in [-0.1, -0.05) is 6.07 Å². The van der Waals surface area contributed by atoms with Gasteiger partial charge >= 0.3 is 0 Å². The number of benzene rings is 1. The highest BCUT2D eigenvalue weighted by molar-refractivity contribution is 5.79. The van der Waals surface area contributed by atoms with E-state index in [4.69, 9.17) is 9.47 Å². The first kappa shape index (κ1) is 16.6. The number of nitrogens with zero attached hydrogens (tertiary/aromatic N) is 4. The summed E-state index contributed by atoms with van der Waals surface area (Å²) in [6.45, 7) is 0.990. The molecule has 7 nitrogen and oxygen atoms in total. The largest absolute Gasteiger partial charge is 0.454 e. The summed E-state index contributed by atoms with van der Waals surface area (Å²) in [5, 5.41) is 0. The molecule has 0 spiro atoms. The lowest BCUT2D eigenvalue weighted by Crippen LogP contribution is -2.32. The SMILES string of the molecule is CN(C)c1cncc([C@@H]2CCCN2C(=O)Cc2ccc3c(c2)OCO3)n1. The van der Waals surface area contributed by atoms with Crippen LogP contribution in [0.25, 0.3) is 0 Å². The molecule has 1 aromatic carbocycles. The van der Waals surface area contributed by atoms with Crippen molar-refractivity contribution < 1.29 is 14.3 Å². The molecule has 136 valence electrons. The van der Waals surface area contributed by atoms with Crippen molar-refractivity contribution in [2.45, 2.75) is 25.3 Å². The van der Waals surface area contributed by atoms with Crippen LogP contribution < -0.4 is 14.4 Å². The molecule has 2 aliphatic rings. The first-order chi connectivity index (χ1) is 12.6. The maximum atomic E-state index is 12.9. The minimum absolute atomic E-state index is 0.0103. The summed E-state index contributed by atoms with van der Waals surface area (Å²) in [7, 11) is 3.87. The molecule has 4 rings (SSSR count). The van der Waals surface area contributed by atoms with E-state index in [1.165, 1.54) is 0 Å². The van der Waals surface area contributed by atoms with Crippen molar-refractivity contribution in [3.8, 4) is 11.5 Å². The minimum Gasteiger partial charge on any atom is -0.454 e. The van der Waals surface area contributed by atoms with Crippen LogP contribution in [0, 0.1) is 0 Å². The molecular weight excluding hydrogens is 332 g/mol.